The van der Waals surface area contributed by atoms with Crippen molar-refractivity contribution in [2.45, 2.75) is 57.9 Å². The number of amides is 2. The zero-order chi connectivity index (χ0) is 22.3. The second kappa shape index (κ2) is 10.1. The molecule has 8 nitrogen and oxygen atoms in total. The number of allylic oxidation sites excluding steroid dienone is 1. The van der Waals surface area contributed by atoms with Crippen molar-refractivity contribution in [2.24, 2.45) is 5.92 Å². The normalized spacial score (nSPS) is 19.6. The van der Waals surface area contributed by atoms with E-state index in [4.69, 9.17) is 9.47 Å². The minimum atomic E-state index is -1.07. The summed E-state index contributed by atoms with van der Waals surface area (Å²) < 4.78 is 10.7. The van der Waals surface area contributed by atoms with Gasteiger partial charge >= 0.3 is 18.2 Å². The van der Waals surface area contributed by atoms with E-state index in [9.17, 15) is 19.5 Å². The van der Waals surface area contributed by atoms with E-state index < -0.39 is 41.8 Å². The Kier molecular flexibility index (Phi) is 7.86. The molecule has 0 unspecified atom stereocenters. The monoisotopic (exact) mass is 418 g/mol. The molecule has 1 heterocycles. The molecular formula is C22H30N2O6. The van der Waals surface area contributed by atoms with Gasteiger partial charge in [-0.2, -0.15) is 0 Å². The highest BCUT2D eigenvalue weighted by Crippen LogP contribution is 2.29. The van der Waals surface area contributed by atoms with Crippen molar-refractivity contribution in [3.63, 3.8) is 0 Å². The number of aliphatic carboxylic acids is 1. The number of hydrogen-bond acceptors (Lipinski definition) is 5. The number of alkyl carbamates (subject to hydrolysis) is 1. The average molecular weight is 418 g/mol. The molecule has 30 heavy (non-hydrogen) atoms. The maximum absolute atomic E-state index is 12.8. The van der Waals surface area contributed by atoms with Crippen molar-refractivity contribution >= 4 is 18.2 Å². The van der Waals surface area contributed by atoms with Gasteiger partial charge in [0.15, 0.2) is 0 Å². The van der Waals surface area contributed by atoms with Gasteiger partial charge < -0.3 is 24.8 Å². The number of carboxylic acids is 1. The molecule has 3 atom stereocenters. The Bertz CT molecular complexity index is 759. The van der Waals surface area contributed by atoms with E-state index >= 15 is 0 Å². The number of carbonyl (C=O) groups excluding carboxylic acids is 2. The summed E-state index contributed by atoms with van der Waals surface area (Å²) in [7, 11) is 0. The molecule has 1 aromatic carbocycles. The standard InChI is InChI=1S/C22H30N2O6/c1-5-9-16(19(25)26)18-17(23-20(27)30-22(2,3)4)12-13-24(18)21(28)29-14-15-10-7-6-8-11-15/h5-8,10-11,16-18H,1,9,12-14H2,2-4H3,(H,23,27)(H,25,26)/t16-,17+,18-/m1/s1. The molecule has 164 valence electrons. The summed E-state index contributed by atoms with van der Waals surface area (Å²) in [6, 6.07) is 7.85. The summed E-state index contributed by atoms with van der Waals surface area (Å²) in [6.07, 6.45) is 0.766. The van der Waals surface area contributed by atoms with Crippen LogP contribution in [-0.2, 0) is 20.9 Å². The lowest BCUT2D eigenvalue weighted by Crippen LogP contribution is -2.53. The largest absolute Gasteiger partial charge is 0.481 e. The molecule has 1 aliphatic rings. The predicted octanol–water partition coefficient (Wildman–Crippen LogP) is 3.57. The topological polar surface area (TPSA) is 105 Å². The second-order valence-corrected chi connectivity index (χ2v) is 8.23. The Morgan fingerprint density at radius 2 is 1.97 bits per heavy atom. The van der Waals surface area contributed by atoms with E-state index in [2.05, 4.69) is 11.9 Å². The fourth-order valence-electron chi connectivity index (χ4n) is 3.51. The number of likely N-dealkylation sites (tertiary alicyclic amines) is 1. The number of benzene rings is 1. The maximum Gasteiger partial charge on any atom is 0.410 e. The smallest absolute Gasteiger partial charge is 0.410 e. The quantitative estimate of drug-likeness (QED) is 0.656. The molecule has 0 saturated carbocycles. The fourth-order valence-corrected chi connectivity index (χ4v) is 3.51. The molecule has 0 bridgehead atoms. The van der Waals surface area contributed by atoms with Crippen LogP contribution in [0.5, 0.6) is 0 Å². The van der Waals surface area contributed by atoms with Gasteiger partial charge in [0.2, 0.25) is 0 Å². The van der Waals surface area contributed by atoms with Crippen LogP contribution in [0.3, 0.4) is 0 Å². The second-order valence-electron chi connectivity index (χ2n) is 8.23. The molecule has 2 amide bonds. The maximum atomic E-state index is 12.8. The number of rotatable bonds is 7. The van der Waals surface area contributed by atoms with Crippen molar-refractivity contribution in [1.82, 2.24) is 10.2 Å². The van der Waals surface area contributed by atoms with Gasteiger partial charge in [0, 0.05) is 6.54 Å². The summed E-state index contributed by atoms with van der Waals surface area (Å²) in [5, 5.41) is 12.5. The highest BCUT2D eigenvalue weighted by atomic mass is 16.6. The van der Waals surface area contributed by atoms with Crippen LogP contribution in [0.15, 0.2) is 43.0 Å². The first-order chi connectivity index (χ1) is 14.1. The zero-order valence-corrected chi connectivity index (χ0v) is 17.7. The Balaban J connectivity index is 2.16. The van der Waals surface area contributed by atoms with Gasteiger partial charge in [-0.1, -0.05) is 36.4 Å². The molecule has 1 fully saturated rings. The number of carbonyl (C=O) groups is 3. The van der Waals surface area contributed by atoms with Crippen LogP contribution >= 0.6 is 0 Å². The first-order valence-electron chi connectivity index (χ1n) is 9.93. The lowest BCUT2D eigenvalue weighted by molar-refractivity contribution is -0.143. The van der Waals surface area contributed by atoms with E-state index in [1.165, 1.54) is 11.0 Å². The third-order valence-corrected chi connectivity index (χ3v) is 4.74. The third kappa shape index (κ3) is 6.50. The van der Waals surface area contributed by atoms with Gasteiger partial charge in [0.25, 0.3) is 0 Å². The first-order valence-corrected chi connectivity index (χ1v) is 9.93. The molecule has 1 aliphatic heterocycles. The summed E-state index contributed by atoms with van der Waals surface area (Å²) in [5.41, 5.74) is 0.130. The highest BCUT2D eigenvalue weighted by molar-refractivity contribution is 5.75. The van der Waals surface area contributed by atoms with E-state index in [0.29, 0.717) is 6.42 Å². The van der Waals surface area contributed by atoms with Crippen LogP contribution in [0.1, 0.15) is 39.2 Å². The fraction of sp³-hybridized carbons (Fsp3) is 0.500. The molecule has 0 spiro atoms. The van der Waals surface area contributed by atoms with Crippen molar-refractivity contribution in [3.05, 3.63) is 48.6 Å². The van der Waals surface area contributed by atoms with Crippen LogP contribution in [0, 0.1) is 5.92 Å². The Morgan fingerprint density at radius 1 is 1.30 bits per heavy atom. The van der Waals surface area contributed by atoms with Gasteiger partial charge in [-0.05, 0) is 39.2 Å². The lowest BCUT2D eigenvalue weighted by atomic mass is 9.91. The van der Waals surface area contributed by atoms with Crippen LogP contribution in [-0.4, -0.2) is 52.4 Å². The minimum absolute atomic E-state index is 0.0756. The molecule has 1 saturated heterocycles. The zero-order valence-electron chi connectivity index (χ0n) is 17.7. The Hall–Kier alpha value is -3.03. The highest BCUT2D eigenvalue weighted by Gasteiger charge is 2.46. The Morgan fingerprint density at radius 3 is 2.53 bits per heavy atom. The molecule has 1 aromatic rings. The third-order valence-electron chi connectivity index (χ3n) is 4.74. The number of hydrogen-bond donors (Lipinski definition) is 2. The predicted molar refractivity (Wildman–Crippen MR) is 111 cm³/mol. The van der Waals surface area contributed by atoms with Crippen LogP contribution in [0.4, 0.5) is 9.59 Å². The van der Waals surface area contributed by atoms with Crippen molar-refractivity contribution in [1.29, 1.82) is 0 Å². The molecule has 0 radical (unpaired) electrons. The van der Waals surface area contributed by atoms with E-state index in [1.807, 2.05) is 30.3 Å². The number of nitrogens with one attached hydrogen (secondary N) is 1. The molecule has 0 aromatic heterocycles. The van der Waals surface area contributed by atoms with Gasteiger partial charge in [-0.15, -0.1) is 6.58 Å². The summed E-state index contributed by atoms with van der Waals surface area (Å²) in [4.78, 5) is 38.3. The van der Waals surface area contributed by atoms with E-state index in [-0.39, 0.29) is 19.6 Å². The van der Waals surface area contributed by atoms with Gasteiger partial charge in [0.05, 0.1) is 18.0 Å². The van der Waals surface area contributed by atoms with E-state index in [1.54, 1.807) is 20.8 Å². The summed E-state index contributed by atoms with van der Waals surface area (Å²) in [5.74, 6) is -2.01. The molecule has 2 rings (SSSR count). The summed E-state index contributed by atoms with van der Waals surface area (Å²) >= 11 is 0. The number of ether oxygens (including phenoxy) is 2. The number of nitrogens with zero attached hydrogens (tertiary/aromatic N) is 1. The lowest BCUT2D eigenvalue weighted by Gasteiger charge is -2.32. The minimum Gasteiger partial charge on any atom is -0.481 e. The van der Waals surface area contributed by atoms with Gasteiger partial charge in [0.1, 0.15) is 12.2 Å². The van der Waals surface area contributed by atoms with E-state index in [0.717, 1.165) is 5.56 Å². The molecule has 2 N–H and O–H groups in total. The van der Waals surface area contributed by atoms with Crippen LogP contribution < -0.4 is 5.32 Å². The first kappa shape index (κ1) is 23.3. The number of carboxylic acid groups (broad SMARTS) is 1. The Labute approximate surface area is 176 Å². The van der Waals surface area contributed by atoms with Crippen molar-refractivity contribution < 1.29 is 29.0 Å². The average Bonchev–Trinajstić information content (AvgIpc) is 3.06. The SMILES string of the molecule is C=CC[C@@H](C(=O)O)[C@@H]1[C@@H](NC(=O)OC(C)(C)C)CCN1C(=O)OCc1ccccc1. The molecular weight excluding hydrogens is 388 g/mol. The van der Waals surface area contributed by atoms with Gasteiger partial charge in [-0.3, -0.25) is 4.79 Å². The van der Waals surface area contributed by atoms with Crippen LogP contribution in [0.2, 0.25) is 0 Å². The molecule has 0 aliphatic carbocycles. The summed E-state index contributed by atoms with van der Waals surface area (Å²) in [6.45, 7) is 9.18. The molecule has 8 heteroatoms. The van der Waals surface area contributed by atoms with Crippen molar-refractivity contribution in [2.75, 3.05) is 6.54 Å². The van der Waals surface area contributed by atoms with Crippen molar-refractivity contribution in [3.8, 4) is 0 Å². The van der Waals surface area contributed by atoms with Crippen LogP contribution in [0.25, 0.3) is 0 Å². The van der Waals surface area contributed by atoms with Gasteiger partial charge in [-0.25, -0.2) is 9.59 Å².